The van der Waals surface area contributed by atoms with Crippen molar-refractivity contribution in [1.82, 2.24) is 4.98 Å². The molecule has 1 rings (SSSR count). The van der Waals surface area contributed by atoms with Gasteiger partial charge in [-0.15, -0.1) is 0 Å². The van der Waals surface area contributed by atoms with Gasteiger partial charge in [-0.25, -0.2) is 4.79 Å². The molecular weight excluding hydrogens is 214 g/mol. The molecule has 0 fully saturated rings. The van der Waals surface area contributed by atoms with E-state index in [1.54, 1.807) is 6.07 Å². The molecule has 0 aliphatic heterocycles. The van der Waals surface area contributed by atoms with Crippen molar-refractivity contribution in [2.75, 3.05) is 0 Å². The van der Waals surface area contributed by atoms with Gasteiger partial charge in [-0.2, -0.15) is 0 Å². The largest absolute Gasteiger partial charge is 0.459 e. The summed E-state index contributed by atoms with van der Waals surface area (Å²) in [5.41, 5.74) is 0.312. The van der Waals surface area contributed by atoms with E-state index in [4.69, 9.17) is 16.3 Å². The molecule has 4 heteroatoms. The predicted molar refractivity (Wildman–Crippen MR) is 59.0 cm³/mol. The number of pyridine rings is 1. The highest BCUT2D eigenvalue weighted by Crippen LogP contribution is 2.16. The molecule has 0 radical (unpaired) electrons. The monoisotopic (exact) mass is 227 g/mol. The van der Waals surface area contributed by atoms with Crippen molar-refractivity contribution in [2.45, 2.75) is 26.9 Å². The summed E-state index contributed by atoms with van der Waals surface area (Å²) < 4.78 is 5.22. The van der Waals surface area contributed by atoms with Gasteiger partial charge in [-0.3, -0.25) is 4.98 Å². The first-order chi connectivity index (χ1) is 7.02. The Morgan fingerprint density at radius 2 is 2.13 bits per heavy atom. The Morgan fingerprint density at radius 3 is 2.67 bits per heavy atom. The quantitative estimate of drug-likeness (QED) is 0.746. The molecule has 1 aromatic rings. The number of halogens is 1. The highest BCUT2D eigenvalue weighted by atomic mass is 35.5. The molecule has 0 N–H and O–H groups in total. The van der Waals surface area contributed by atoms with Crippen LogP contribution < -0.4 is 0 Å². The Morgan fingerprint density at radius 1 is 1.47 bits per heavy atom. The second-order valence-electron chi connectivity index (χ2n) is 3.71. The minimum atomic E-state index is -0.422. The zero-order valence-corrected chi connectivity index (χ0v) is 9.78. The maximum absolute atomic E-state index is 11.6. The molecule has 0 aliphatic rings. The standard InChI is InChI=1S/C11H14ClNO2/c1-7(2)8(3)15-11(14)9-6-13-5-4-10(9)12/h4-8H,1-3H3. The average Bonchev–Trinajstić information content (AvgIpc) is 2.18. The van der Waals surface area contributed by atoms with Crippen LogP contribution in [0, 0.1) is 5.92 Å². The van der Waals surface area contributed by atoms with Crippen LogP contribution in [-0.2, 0) is 4.74 Å². The average molecular weight is 228 g/mol. The maximum Gasteiger partial charge on any atom is 0.341 e. The summed E-state index contributed by atoms with van der Waals surface area (Å²) in [7, 11) is 0. The molecule has 0 spiro atoms. The highest BCUT2D eigenvalue weighted by molar-refractivity contribution is 6.33. The highest BCUT2D eigenvalue weighted by Gasteiger charge is 2.17. The van der Waals surface area contributed by atoms with Gasteiger partial charge in [0.1, 0.15) is 6.10 Å². The van der Waals surface area contributed by atoms with Crippen LogP contribution in [0.25, 0.3) is 0 Å². The molecule has 15 heavy (non-hydrogen) atoms. The van der Waals surface area contributed by atoms with E-state index in [1.165, 1.54) is 12.4 Å². The van der Waals surface area contributed by atoms with E-state index >= 15 is 0 Å². The second-order valence-corrected chi connectivity index (χ2v) is 4.12. The van der Waals surface area contributed by atoms with Gasteiger partial charge in [-0.05, 0) is 18.9 Å². The third kappa shape index (κ3) is 3.20. The molecule has 1 unspecified atom stereocenters. The van der Waals surface area contributed by atoms with E-state index in [0.717, 1.165) is 0 Å². The predicted octanol–water partition coefficient (Wildman–Crippen LogP) is 2.94. The molecule has 0 aromatic carbocycles. The van der Waals surface area contributed by atoms with Gasteiger partial charge in [0.15, 0.2) is 0 Å². The lowest BCUT2D eigenvalue weighted by molar-refractivity contribution is 0.0238. The lowest BCUT2D eigenvalue weighted by Crippen LogP contribution is -2.20. The van der Waals surface area contributed by atoms with E-state index in [9.17, 15) is 4.79 Å². The summed E-state index contributed by atoms with van der Waals surface area (Å²) in [6.07, 6.45) is 2.82. The van der Waals surface area contributed by atoms with Gasteiger partial charge in [0.25, 0.3) is 0 Å². The third-order valence-electron chi connectivity index (χ3n) is 2.22. The Labute approximate surface area is 94.4 Å². The molecule has 1 atom stereocenters. The topological polar surface area (TPSA) is 39.2 Å². The number of rotatable bonds is 3. The fourth-order valence-electron chi connectivity index (χ4n) is 0.896. The number of hydrogen-bond acceptors (Lipinski definition) is 3. The Hall–Kier alpha value is -1.09. The number of esters is 1. The molecule has 0 saturated heterocycles. The van der Waals surface area contributed by atoms with Crippen LogP contribution in [0.5, 0.6) is 0 Å². The molecule has 3 nitrogen and oxygen atoms in total. The number of aromatic nitrogens is 1. The number of carbonyl (C=O) groups is 1. The fraction of sp³-hybridized carbons (Fsp3) is 0.455. The van der Waals surface area contributed by atoms with Gasteiger partial charge in [0.2, 0.25) is 0 Å². The SMILES string of the molecule is CC(C)C(C)OC(=O)c1cnccc1Cl. The Bertz CT molecular complexity index is 352. The van der Waals surface area contributed by atoms with Crippen molar-refractivity contribution in [3.05, 3.63) is 29.0 Å². The Kier molecular flexibility index (Phi) is 4.09. The molecule has 1 aromatic heterocycles. The van der Waals surface area contributed by atoms with E-state index in [1.807, 2.05) is 20.8 Å². The van der Waals surface area contributed by atoms with Crippen LogP contribution in [0.3, 0.4) is 0 Å². The first-order valence-corrected chi connectivity index (χ1v) is 5.20. The van der Waals surface area contributed by atoms with Gasteiger partial charge in [0, 0.05) is 12.4 Å². The van der Waals surface area contributed by atoms with Crippen molar-refractivity contribution >= 4 is 17.6 Å². The third-order valence-corrected chi connectivity index (χ3v) is 2.55. The van der Waals surface area contributed by atoms with Crippen LogP contribution in [0.2, 0.25) is 5.02 Å². The van der Waals surface area contributed by atoms with Crippen LogP contribution in [0.4, 0.5) is 0 Å². The maximum atomic E-state index is 11.6. The molecule has 0 saturated carbocycles. The smallest absolute Gasteiger partial charge is 0.341 e. The zero-order chi connectivity index (χ0) is 11.4. The molecule has 1 heterocycles. The summed E-state index contributed by atoms with van der Waals surface area (Å²) in [6.45, 7) is 5.83. The molecule has 82 valence electrons. The summed E-state index contributed by atoms with van der Waals surface area (Å²) >= 11 is 5.84. The normalized spacial score (nSPS) is 12.6. The summed E-state index contributed by atoms with van der Waals surface area (Å²) in [5.74, 6) is -0.140. The summed E-state index contributed by atoms with van der Waals surface area (Å²) in [5, 5.41) is 0.367. The van der Waals surface area contributed by atoms with Crippen molar-refractivity contribution in [3.63, 3.8) is 0 Å². The number of hydrogen-bond donors (Lipinski definition) is 0. The van der Waals surface area contributed by atoms with Crippen LogP contribution in [0.15, 0.2) is 18.5 Å². The van der Waals surface area contributed by atoms with Crippen LogP contribution in [0.1, 0.15) is 31.1 Å². The minimum Gasteiger partial charge on any atom is -0.459 e. The zero-order valence-electron chi connectivity index (χ0n) is 9.03. The van der Waals surface area contributed by atoms with E-state index in [-0.39, 0.29) is 12.0 Å². The molecule has 0 amide bonds. The summed E-state index contributed by atoms with van der Waals surface area (Å²) in [4.78, 5) is 15.5. The molecule has 0 bridgehead atoms. The van der Waals surface area contributed by atoms with E-state index in [0.29, 0.717) is 10.6 Å². The van der Waals surface area contributed by atoms with Gasteiger partial charge >= 0.3 is 5.97 Å². The number of ether oxygens (including phenoxy) is 1. The first kappa shape index (κ1) is 12.0. The lowest BCUT2D eigenvalue weighted by atomic mass is 10.1. The van der Waals surface area contributed by atoms with E-state index < -0.39 is 5.97 Å². The van der Waals surface area contributed by atoms with Crippen molar-refractivity contribution in [3.8, 4) is 0 Å². The van der Waals surface area contributed by atoms with E-state index in [2.05, 4.69) is 4.98 Å². The van der Waals surface area contributed by atoms with Crippen molar-refractivity contribution in [1.29, 1.82) is 0 Å². The summed E-state index contributed by atoms with van der Waals surface area (Å²) in [6, 6.07) is 1.57. The number of nitrogens with zero attached hydrogens (tertiary/aromatic N) is 1. The van der Waals surface area contributed by atoms with Crippen LogP contribution in [-0.4, -0.2) is 17.1 Å². The molecule has 0 aliphatic carbocycles. The van der Waals surface area contributed by atoms with Crippen molar-refractivity contribution < 1.29 is 9.53 Å². The molecular formula is C11H14ClNO2. The Balaban J connectivity index is 2.74. The minimum absolute atomic E-state index is 0.131. The van der Waals surface area contributed by atoms with Gasteiger partial charge in [0.05, 0.1) is 10.6 Å². The first-order valence-electron chi connectivity index (χ1n) is 4.83. The lowest BCUT2D eigenvalue weighted by Gasteiger charge is -2.16. The second kappa shape index (κ2) is 5.12. The van der Waals surface area contributed by atoms with Gasteiger partial charge in [-0.1, -0.05) is 25.4 Å². The fourth-order valence-corrected chi connectivity index (χ4v) is 1.08. The number of carbonyl (C=O) groups excluding carboxylic acids is 1. The van der Waals surface area contributed by atoms with Crippen LogP contribution >= 0.6 is 11.6 Å². The van der Waals surface area contributed by atoms with Gasteiger partial charge < -0.3 is 4.74 Å². The van der Waals surface area contributed by atoms with Crippen molar-refractivity contribution in [2.24, 2.45) is 5.92 Å².